The fourth-order valence-corrected chi connectivity index (χ4v) is 21.8. The smallest absolute Gasteiger partial charge is 0.0618 e. The second-order valence-electron chi connectivity index (χ2n) is 19.2. The Bertz CT molecular complexity index is 3790. The Morgan fingerprint density at radius 1 is 0.309 bits per heavy atom. The van der Waals surface area contributed by atoms with E-state index >= 15 is 0 Å². The molecule has 0 fully saturated rings. The van der Waals surface area contributed by atoms with Crippen molar-refractivity contribution in [1.82, 2.24) is 0 Å². The molecular weight excluding hydrogens is 940 g/mol. The van der Waals surface area contributed by atoms with Gasteiger partial charge in [0.15, 0.2) is 0 Å². The molecule has 3 aliphatic heterocycles. The van der Waals surface area contributed by atoms with Gasteiger partial charge in [0.1, 0.15) is 0 Å². The predicted octanol–water partition coefficient (Wildman–Crippen LogP) is 12.0. The fourth-order valence-electron chi connectivity index (χ4n) is 13.5. The molecule has 11 aromatic carbocycles. The van der Waals surface area contributed by atoms with Crippen LogP contribution < -0.4 is 22.5 Å². The number of para-hydroxylation sites is 2. The summed E-state index contributed by atoms with van der Waals surface area (Å²) in [6.07, 6.45) is 0. The second kappa shape index (κ2) is 14.7. The summed E-state index contributed by atoms with van der Waals surface area (Å²) < 4.78 is 6.38. The minimum absolute atomic E-state index is 0.496. The van der Waals surface area contributed by atoms with Crippen molar-refractivity contribution < 1.29 is 0 Å². The number of benzene rings is 11. The molecule has 0 amide bonds. The zero-order chi connectivity index (χ0) is 44.7. The molecule has 0 unspecified atom stereocenters. The van der Waals surface area contributed by atoms with Crippen LogP contribution in [-0.4, -0.2) is 37.4 Å². The third-order valence-corrected chi connectivity index (χ3v) is 24.4. The second-order valence-corrected chi connectivity index (χ2v) is 27.1. The summed E-state index contributed by atoms with van der Waals surface area (Å²) in [5.41, 5.74) is 23.9. The maximum atomic E-state index is 2.58. The Balaban J connectivity index is 1.08. The van der Waals surface area contributed by atoms with Crippen molar-refractivity contribution in [2.24, 2.45) is 0 Å². The Kier molecular flexibility index (Phi) is 8.38. The van der Waals surface area contributed by atoms with E-state index in [0.717, 1.165) is 6.54 Å². The van der Waals surface area contributed by atoms with Crippen LogP contribution in [0.25, 0.3) is 88.3 Å². The first-order valence-electron chi connectivity index (χ1n) is 24.3. The first-order chi connectivity index (χ1) is 33.7. The number of hydrogen-bond donors (Lipinski definition) is 0. The molecule has 0 radical (unpaired) electrons. The van der Waals surface area contributed by atoms with E-state index in [1.807, 2.05) is 0 Å². The minimum Gasteiger partial charge on any atom is -0.0618 e. The Morgan fingerprint density at radius 3 is 1.29 bits per heavy atom. The van der Waals surface area contributed by atoms with Crippen LogP contribution in [0.2, 0.25) is 0 Å². The molecule has 0 N–H and O–H groups in total. The van der Waals surface area contributed by atoms with Crippen molar-refractivity contribution in [2.75, 3.05) is 11.4 Å². The van der Waals surface area contributed by atoms with E-state index < -0.39 is 36.3 Å². The predicted molar refractivity (Wildman–Crippen MR) is 294 cm³/mol. The quantitative estimate of drug-likeness (QED) is 0.125. The summed E-state index contributed by atoms with van der Waals surface area (Å²) in [5.74, 6) is 0. The van der Waals surface area contributed by atoms with Crippen LogP contribution in [-0.2, 0) is 5.41 Å². The van der Waals surface area contributed by atoms with Crippen LogP contribution in [0, 0.1) is 0 Å². The van der Waals surface area contributed by atoms with E-state index in [-0.39, 0.29) is 0 Å². The first-order valence-corrected chi connectivity index (χ1v) is 30.3. The Hall–Kier alpha value is -7.17. The molecule has 1 nitrogen and oxygen atoms in total. The van der Waals surface area contributed by atoms with E-state index in [9.17, 15) is 0 Å². The number of nitrogens with zero attached hydrogens (tertiary/aromatic N) is 1. The van der Waals surface area contributed by atoms with Gasteiger partial charge in [0.05, 0.1) is 0 Å². The molecule has 3 heterocycles. The van der Waals surface area contributed by atoms with Crippen molar-refractivity contribution in [3.63, 3.8) is 0 Å². The van der Waals surface area contributed by atoms with Gasteiger partial charge < -0.3 is 4.90 Å². The number of rotatable bonds is 4. The number of fused-ring (bicyclic) bond motifs is 17. The number of hydrogen-bond acceptors (Lipinski definition) is 1. The van der Waals surface area contributed by atoms with Crippen LogP contribution in [0.5, 0.6) is 0 Å². The molecule has 0 aromatic heterocycles. The molecule has 1 spiro atoms. The fraction of sp³-hybridized carbons (Fsp3) is 0.0462. The van der Waals surface area contributed by atoms with Crippen molar-refractivity contribution >= 4 is 81.4 Å². The van der Waals surface area contributed by atoms with Gasteiger partial charge in [0.2, 0.25) is 0 Å². The normalized spacial score (nSPS) is 14.7. The van der Waals surface area contributed by atoms with Gasteiger partial charge in [-0.05, 0) is 19.1 Å². The molecule has 1 aliphatic carbocycles. The molecule has 0 atom stereocenters. The van der Waals surface area contributed by atoms with Gasteiger partial charge in [-0.1, -0.05) is 42.5 Å². The zero-order valence-corrected chi connectivity index (χ0v) is 43.8. The summed E-state index contributed by atoms with van der Waals surface area (Å²) in [6, 6.07) is 84.6. The summed E-state index contributed by atoms with van der Waals surface area (Å²) in [5, 5.41) is 5.21. The Morgan fingerprint density at radius 2 is 0.721 bits per heavy atom. The molecule has 15 rings (SSSR count). The molecular formula is C65H45Ge2N. The molecule has 3 heteroatoms. The van der Waals surface area contributed by atoms with Crippen molar-refractivity contribution in [1.29, 1.82) is 0 Å². The van der Waals surface area contributed by atoms with Crippen LogP contribution in [0.3, 0.4) is 0 Å². The van der Waals surface area contributed by atoms with E-state index in [1.54, 1.807) is 17.6 Å². The summed E-state index contributed by atoms with van der Waals surface area (Å²) in [7, 11) is 0. The molecule has 0 saturated heterocycles. The van der Waals surface area contributed by atoms with Crippen molar-refractivity contribution in [3.05, 3.63) is 241 Å². The maximum absolute atomic E-state index is 2.58. The van der Waals surface area contributed by atoms with Gasteiger partial charge in [-0.25, -0.2) is 0 Å². The van der Waals surface area contributed by atoms with Gasteiger partial charge in [0.25, 0.3) is 0 Å². The van der Waals surface area contributed by atoms with Gasteiger partial charge in [-0.3, -0.25) is 0 Å². The first kappa shape index (κ1) is 38.9. The number of anilines is 2. The molecule has 11 aromatic rings. The van der Waals surface area contributed by atoms with Gasteiger partial charge in [-0.2, -0.15) is 0 Å². The SMILES string of the molecule is CCN1c2ccccc2C2(c3ccccc3-c3c(-c4c5cccc(-c6ccc[c]7c6-c6cccc[c]6[GeH2]7)c5cc5c(-c6ccc[c]7c6-c6cccc[c]6[GeH2]7)cccc45)cccc32)c2ccccc21. The Labute approximate surface area is 409 Å². The third-order valence-electron chi connectivity index (χ3n) is 16.1. The topological polar surface area (TPSA) is 3.24 Å². The zero-order valence-electron chi connectivity index (χ0n) is 37.9. The average molecular weight is 985 g/mol. The van der Waals surface area contributed by atoms with Crippen LogP contribution >= 0.6 is 0 Å². The molecule has 318 valence electrons. The van der Waals surface area contributed by atoms with Crippen molar-refractivity contribution in [2.45, 2.75) is 12.3 Å². The molecule has 0 bridgehead atoms. The molecule has 4 aliphatic rings. The minimum atomic E-state index is -1.13. The van der Waals surface area contributed by atoms with Crippen molar-refractivity contribution in [3.8, 4) is 66.8 Å². The summed E-state index contributed by atoms with van der Waals surface area (Å²) >= 11 is -2.25. The van der Waals surface area contributed by atoms with Gasteiger partial charge >= 0.3 is 328 Å². The molecule has 68 heavy (non-hydrogen) atoms. The summed E-state index contributed by atoms with van der Waals surface area (Å²) in [4.78, 5) is 2.52. The van der Waals surface area contributed by atoms with E-state index in [1.165, 1.54) is 122 Å². The van der Waals surface area contributed by atoms with Crippen LogP contribution in [0.1, 0.15) is 29.2 Å². The monoisotopic (exact) mass is 987 g/mol. The third kappa shape index (κ3) is 5.13. The standard InChI is InChI=1S/C65H45Ge2N/c1-2-68-59-36-11-7-29-52(59)65(53-30-8-12-37-60(53)68)51-28-6-3-18-45(51)62-48(27-15-31-54(62)65)61-43-23-13-21-39(41-25-16-34-57-63(41)46-19-4-9-32-55(46)66-57)49(43)38-50-40(22-14-24-44(50)61)42-26-17-35-58-64(42)47-20-5-10-33-56(47)67-58/h3-38H,2,66-67H2,1H3. The average Bonchev–Trinajstić information content (AvgIpc) is 4.07. The van der Waals surface area contributed by atoms with E-state index in [2.05, 4.69) is 230 Å². The van der Waals surface area contributed by atoms with Crippen LogP contribution in [0.15, 0.2) is 218 Å². The van der Waals surface area contributed by atoms with E-state index in [0.29, 0.717) is 0 Å². The summed E-state index contributed by atoms with van der Waals surface area (Å²) in [6.45, 7) is 3.17. The van der Waals surface area contributed by atoms with E-state index in [4.69, 9.17) is 0 Å². The van der Waals surface area contributed by atoms with Gasteiger partial charge in [-0.15, -0.1) is 0 Å². The van der Waals surface area contributed by atoms with Gasteiger partial charge in [0, 0.05) is 17.9 Å². The van der Waals surface area contributed by atoms with Crippen LogP contribution in [0.4, 0.5) is 11.4 Å². The molecule has 0 saturated carbocycles.